The fourth-order valence-corrected chi connectivity index (χ4v) is 4.06. The van der Waals surface area contributed by atoms with Crippen LogP contribution < -0.4 is 15.0 Å². The van der Waals surface area contributed by atoms with E-state index in [-0.39, 0.29) is 6.04 Å². The predicted octanol–water partition coefficient (Wildman–Crippen LogP) is 3.63. The molecule has 2 aliphatic heterocycles. The van der Waals surface area contributed by atoms with Crippen LogP contribution in [0.3, 0.4) is 0 Å². The first-order valence-electron chi connectivity index (χ1n) is 9.62. The summed E-state index contributed by atoms with van der Waals surface area (Å²) >= 11 is 3.31. The number of ether oxygens (including phenoxy) is 2. The van der Waals surface area contributed by atoms with Crippen LogP contribution in [0.2, 0.25) is 0 Å². The van der Waals surface area contributed by atoms with E-state index in [1.54, 1.807) is 18.6 Å². The topological polar surface area (TPSA) is 89.5 Å². The van der Waals surface area contributed by atoms with Crippen molar-refractivity contribution in [3.63, 3.8) is 0 Å². The molecule has 2 aromatic heterocycles. The molecule has 0 unspecified atom stereocenters. The average Bonchev–Trinajstić information content (AvgIpc) is 2.95. The van der Waals surface area contributed by atoms with E-state index in [4.69, 9.17) is 9.47 Å². The van der Waals surface area contributed by atoms with Gasteiger partial charge in [0.05, 0.1) is 12.4 Å². The Morgan fingerprint density at radius 2 is 2.03 bits per heavy atom. The maximum atomic E-state index is 12.5. The molecule has 29 heavy (non-hydrogen) atoms. The fraction of sp³-hybridized carbons (Fsp3) is 0.500. The molecule has 0 bridgehead atoms. The van der Waals surface area contributed by atoms with Crippen LogP contribution in [0.1, 0.15) is 45.2 Å². The molecule has 2 aromatic rings. The molecular weight excluding hydrogens is 438 g/mol. The van der Waals surface area contributed by atoms with Gasteiger partial charge in [-0.2, -0.15) is 0 Å². The molecule has 1 amide bonds. The van der Waals surface area contributed by atoms with Crippen LogP contribution in [0.25, 0.3) is 0 Å². The molecule has 1 spiro atoms. The zero-order valence-corrected chi connectivity index (χ0v) is 18.3. The third-order valence-corrected chi connectivity index (χ3v) is 5.55. The van der Waals surface area contributed by atoms with Crippen molar-refractivity contribution in [1.82, 2.24) is 20.3 Å². The Bertz CT molecular complexity index is 892. The van der Waals surface area contributed by atoms with Gasteiger partial charge in [0.2, 0.25) is 5.88 Å². The summed E-state index contributed by atoms with van der Waals surface area (Å²) in [6, 6.07) is 3.49. The number of alkyl carbamates (subject to hydrolysis) is 1. The summed E-state index contributed by atoms with van der Waals surface area (Å²) in [5.41, 5.74) is -0.249. The smallest absolute Gasteiger partial charge is 0.408 e. The third-order valence-electron chi connectivity index (χ3n) is 5.14. The molecule has 1 fully saturated rings. The number of nitrogens with one attached hydrogen (secondary N) is 1. The molecule has 1 saturated heterocycles. The Kier molecular flexibility index (Phi) is 5.10. The van der Waals surface area contributed by atoms with Crippen molar-refractivity contribution in [3.05, 3.63) is 40.9 Å². The zero-order chi connectivity index (χ0) is 20.6. The van der Waals surface area contributed by atoms with Gasteiger partial charge in [-0.1, -0.05) is 0 Å². The Hall–Kier alpha value is -2.42. The number of pyridine rings is 1. The molecule has 9 heteroatoms. The number of piperidine rings is 1. The number of carbonyl (C=O) groups excluding carboxylic acids is 1. The van der Waals surface area contributed by atoms with Gasteiger partial charge < -0.3 is 19.7 Å². The second-order valence-corrected chi connectivity index (χ2v) is 9.14. The van der Waals surface area contributed by atoms with Gasteiger partial charge in [0, 0.05) is 37.7 Å². The zero-order valence-electron chi connectivity index (χ0n) is 16.7. The molecule has 0 radical (unpaired) electrons. The maximum absolute atomic E-state index is 12.5. The highest BCUT2D eigenvalue weighted by molar-refractivity contribution is 9.10. The second-order valence-electron chi connectivity index (χ2n) is 8.33. The summed E-state index contributed by atoms with van der Waals surface area (Å²) in [7, 11) is 0. The highest BCUT2D eigenvalue weighted by Gasteiger charge is 2.52. The number of hydrogen-bond acceptors (Lipinski definition) is 7. The summed E-state index contributed by atoms with van der Waals surface area (Å²) < 4.78 is 12.5. The normalized spacial score (nSPS) is 20.1. The van der Waals surface area contributed by atoms with Crippen LogP contribution in [0.4, 0.5) is 10.6 Å². The molecular formula is C20H24BrN5O3. The SMILES string of the molecule is CC(C)(C)OC(=O)N[C@@H]1c2cccnc2OC12CCN(c1cnc(Br)cn1)CC2. The third kappa shape index (κ3) is 4.14. The lowest BCUT2D eigenvalue weighted by Crippen LogP contribution is -2.54. The van der Waals surface area contributed by atoms with E-state index >= 15 is 0 Å². The van der Waals surface area contributed by atoms with Crippen molar-refractivity contribution in [2.45, 2.75) is 50.9 Å². The maximum Gasteiger partial charge on any atom is 0.408 e. The van der Waals surface area contributed by atoms with E-state index in [1.807, 2.05) is 32.9 Å². The number of hydrogen-bond donors (Lipinski definition) is 1. The number of anilines is 1. The molecule has 0 aliphatic carbocycles. The second kappa shape index (κ2) is 7.44. The number of fused-ring (bicyclic) bond motifs is 1. The highest BCUT2D eigenvalue weighted by atomic mass is 79.9. The lowest BCUT2D eigenvalue weighted by atomic mass is 9.82. The van der Waals surface area contributed by atoms with Crippen LogP contribution in [-0.2, 0) is 4.74 Å². The van der Waals surface area contributed by atoms with E-state index in [0.29, 0.717) is 23.3 Å². The molecule has 1 atom stereocenters. The summed E-state index contributed by atoms with van der Waals surface area (Å²) in [6.07, 6.45) is 6.12. The van der Waals surface area contributed by atoms with E-state index in [2.05, 4.69) is 41.1 Å². The van der Waals surface area contributed by atoms with Gasteiger partial charge in [0.15, 0.2) is 0 Å². The van der Waals surface area contributed by atoms with E-state index < -0.39 is 17.3 Å². The first kappa shape index (κ1) is 19.9. The molecule has 2 aliphatic rings. The largest absolute Gasteiger partial charge is 0.468 e. The van der Waals surface area contributed by atoms with Gasteiger partial charge in [0.25, 0.3) is 0 Å². The van der Waals surface area contributed by atoms with Gasteiger partial charge in [-0.15, -0.1) is 0 Å². The van der Waals surface area contributed by atoms with E-state index in [0.717, 1.165) is 24.5 Å². The molecule has 0 aromatic carbocycles. The van der Waals surface area contributed by atoms with Gasteiger partial charge >= 0.3 is 6.09 Å². The number of aromatic nitrogens is 3. The highest BCUT2D eigenvalue weighted by Crippen LogP contribution is 2.47. The number of nitrogens with zero attached hydrogens (tertiary/aromatic N) is 4. The van der Waals surface area contributed by atoms with Crippen molar-refractivity contribution < 1.29 is 14.3 Å². The van der Waals surface area contributed by atoms with Crippen molar-refractivity contribution in [3.8, 4) is 5.88 Å². The molecule has 8 nitrogen and oxygen atoms in total. The quantitative estimate of drug-likeness (QED) is 0.729. The monoisotopic (exact) mass is 461 g/mol. The summed E-state index contributed by atoms with van der Waals surface area (Å²) in [5.74, 6) is 1.40. The van der Waals surface area contributed by atoms with Gasteiger partial charge in [-0.25, -0.2) is 19.7 Å². The van der Waals surface area contributed by atoms with Crippen molar-refractivity contribution in [2.75, 3.05) is 18.0 Å². The number of carbonyl (C=O) groups is 1. The van der Waals surface area contributed by atoms with Crippen LogP contribution >= 0.6 is 15.9 Å². The number of rotatable bonds is 2. The van der Waals surface area contributed by atoms with E-state index in [9.17, 15) is 4.79 Å². The van der Waals surface area contributed by atoms with Crippen LogP contribution in [0.5, 0.6) is 5.88 Å². The van der Waals surface area contributed by atoms with E-state index in [1.165, 1.54) is 0 Å². The van der Waals surface area contributed by atoms with Crippen molar-refractivity contribution in [2.24, 2.45) is 0 Å². The van der Waals surface area contributed by atoms with Crippen LogP contribution in [0.15, 0.2) is 35.3 Å². The molecule has 4 heterocycles. The minimum Gasteiger partial charge on any atom is -0.468 e. The minimum atomic E-state index is -0.571. The summed E-state index contributed by atoms with van der Waals surface area (Å²) in [4.78, 5) is 27.8. The van der Waals surface area contributed by atoms with Crippen LogP contribution in [0, 0.1) is 0 Å². The summed E-state index contributed by atoms with van der Waals surface area (Å²) in [5, 5.41) is 3.04. The minimum absolute atomic E-state index is 0.320. The molecule has 1 N–H and O–H groups in total. The average molecular weight is 462 g/mol. The first-order valence-corrected chi connectivity index (χ1v) is 10.4. The first-order chi connectivity index (χ1) is 13.8. The van der Waals surface area contributed by atoms with Gasteiger partial charge in [0.1, 0.15) is 27.7 Å². The van der Waals surface area contributed by atoms with Crippen LogP contribution in [-0.4, -0.2) is 45.3 Å². The Morgan fingerprint density at radius 1 is 1.28 bits per heavy atom. The van der Waals surface area contributed by atoms with Gasteiger partial charge in [-0.05, 0) is 48.8 Å². The molecule has 0 saturated carbocycles. The standard InChI is InChI=1S/C20H24BrN5O3/c1-19(2,3)29-18(27)25-16-13-5-4-8-22-17(13)28-20(16)6-9-26(10-7-20)15-12-23-14(21)11-24-15/h4-5,8,11-12,16H,6-7,9-10H2,1-3H3,(H,25,27)/t16-/m1/s1. The fourth-order valence-electron chi connectivity index (χ4n) is 3.85. The van der Waals surface area contributed by atoms with Crippen molar-refractivity contribution in [1.29, 1.82) is 0 Å². The summed E-state index contributed by atoms with van der Waals surface area (Å²) in [6.45, 7) is 7.01. The molecule has 4 rings (SSSR count). The van der Waals surface area contributed by atoms with Gasteiger partial charge in [-0.3, -0.25) is 0 Å². The molecule has 154 valence electrons. The number of halogens is 1. The van der Waals surface area contributed by atoms with Crippen molar-refractivity contribution >= 4 is 27.8 Å². The predicted molar refractivity (Wildman–Crippen MR) is 111 cm³/mol. The lowest BCUT2D eigenvalue weighted by Gasteiger charge is -2.42. The Labute approximate surface area is 178 Å². The Balaban J connectivity index is 1.54. The lowest BCUT2D eigenvalue weighted by molar-refractivity contribution is 0.0131. The Morgan fingerprint density at radius 3 is 2.69 bits per heavy atom. The number of amides is 1.